The summed E-state index contributed by atoms with van der Waals surface area (Å²) in [7, 11) is 0. The maximum absolute atomic E-state index is 12.0. The Bertz CT molecular complexity index is 423. The number of hydrogen-bond donors (Lipinski definition) is 1. The van der Waals surface area contributed by atoms with Gasteiger partial charge in [0.1, 0.15) is 5.75 Å². The first kappa shape index (κ1) is 13.1. The van der Waals surface area contributed by atoms with Crippen molar-refractivity contribution < 1.29 is 13.5 Å². The molecule has 0 aliphatic carbocycles. The third kappa shape index (κ3) is 3.87. The van der Waals surface area contributed by atoms with Crippen molar-refractivity contribution in [3.05, 3.63) is 24.3 Å². The van der Waals surface area contributed by atoms with Crippen molar-refractivity contribution in [1.82, 2.24) is 0 Å². The fourth-order valence-corrected chi connectivity index (χ4v) is 2.38. The van der Waals surface area contributed by atoms with Crippen LogP contribution in [0.25, 0.3) is 0 Å². The molecule has 0 spiro atoms. The lowest BCUT2D eigenvalue weighted by Crippen LogP contribution is -2.18. The van der Waals surface area contributed by atoms with E-state index in [1.165, 1.54) is 12.1 Å². The number of alkyl halides is 2. The standard InChI is InChI=1S/C12H14F2N2OS/c1-8-6-15-12(18-7-8)16-9-2-4-10(5-3-9)17-11(13)14/h2-5,8,11H,6-7H2,1H3,(H,15,16). The van der Waals surface area contributed by atoms with Gasteiger partial charge in [-0.05, 0) is 30.2 Å². The number of aliphatic imine (C=N–C) groups is 1. The number of nitrogens with one attached hydrogen (secondary N) is 1. The highest BCUT2D eigenvalue weighted by Crippen LogP contribution is 2.21. The predicted octanol–water partition coefficient (Wildman–Crippen LogP) is 3.44. The predicted molar refractivity (Wildman–Crippen MR) is 70.6 cm³/mol. The highest BCUT2D eigenvalue weighted by molar-refractivity contribution is 8.14. The van der Waals surface area contributed by atoms with Gasteiger partial charge in [0, 0.05) is 18.0 Å². The maximum atomic E-state index is 12.0. The molecule has 3 nitrogen and oxygen atoms in total. The molecule has 1 aliphatic rings. The fraction of sp³-hybridized carbons (Fsp3) is 0.417. The molecule has 18 heavy (non-hydrogen) atoms. The summed E-state index contributed by atoms with van der Waals surface area (Å²) in [6.45, 7) is 0.189. The highest BCUT2D eigenvalue weighted by atomic mass is 32.2. The summed E-state index contributed by atoms with van der Waals surface area (Å²) >= 11 is 1.67. The van der Waals surface area contributed by atoms with Crippen LogP contribution in [0.1, 0.15) is 6.92 Å². The molecular weight excluding hydrogens is 258 g/mol. The molecule has 1 heterocycles. The van der Waals surface area contributed by atoms with E-state index in [2.05, 4.69) is 22.0 Å². The normalized spacial score (nSPS) is 19.6. The Morgan fingerprint density at radius 2 is 2.11 bits per heavy atom. The second-order valence-electron chi connectivity index (χ2n) is 4.09. The van der Waals surface area contributed by atoms with E-state index >= 15 is 0 Å². The van der Waals surface area contributed by atoms with Gasteiger partial charge in [-0.25, -0.2) is 0 Å². The summed E-state index contributed by atoms with van der Waals surface area (Å²) in [5, 5.41) is 4.02. The minimum absolute atomic E-state index is 0.155. The number of ether oxygens (including phenoxy) is 1. The monoisotopic (exact) mass is 272 g/mol. The minimum Gasteiger partial charge on any atom is -0.435 e. The molecule has 0 saturated heterocycles. The van der Waals surface area contributed by atoms with Crippen LogP contribution in [0, 0.1) is 5.92 Å². The molecule has 1 aromatic rings. The number of thioether (sulfide) groups is 1. The van der Waals surface area contributed by atoms with Crippen molar-refractivity contribution in [2.24, 2.45) is 10.9 Å². The van der Waals surface area contributed by atoms with Crippen molar-refractivity contribution in [2.45, 2.75) is 13.5 Å². The van der Waals surface area contributed by atoms with Crippen LogP contribution >= 0.6 is 11.8 Å². The van der Waals surface area contributed by atoms with E-state index in [1.807, 2.05) is 0 Å². The lowest BCUT2D eigenvalue weighted by atomic mass is 10.2. The lowest BCUT2D eigenvalue weighted by molar-refractivity contribution is -0.0498. The largest absolute Gasteiger partial charge is 0.435 e. The summed E-state index contributed by atoms with van der Waals surface area (Å²) in [4.78, 5) is 4.39. The summed E-state index contributed by atoms with van der Waals surface area (Å²) in [5.74, 6) is 1.79. The van der Waals surface area contributed by atoms with Crippen LogP contribution in [0.5, 0.6) is 5.75 Å². The average Bonchev–Trinajstić information content (AvgIpc) is 2.34. The number of nitrogens with zero attached hydrogens (tertiary/aromatic N) is 1. The topological polar surface area (TPSA) is 33.6 Å². The van der Waals surface area contributed by atoms with Crippen molar-refractivity contribution in [2.75, 3.05) is 17.6 Å². The zero-order valence-electron chi connectivity index (χ0n) is 9.90. The van der Waals surface area contributed by atoms with Crippen LogP contribution < -0.4 is 10.1 Å². The van der Waals surface area contributed by atoms with Crippen LogP contribution in [0.15, 0.2) is 29.3 Å². The minimum atomic E-state index is -2.79. The molecule has 1 unspecified atom stereocenters. The van der Waals surface area contributed by atoms with Gasteiger partial charge in [-0.1, -0.05) is 18.7 Å². The molecule has 1 N–H and O–H groups in total. The SMILES string of the molecule is CC1CN=C(Nc2ccc(OC(F)F)cc2)SC1. The van der Waals surface area contributed by atoms with Gasteiger partial charge < -0.3 is 10.1 Å². The first-order chi connectivity index (χ1) is 8.63. The Labute approximate surface area is 109 Å². The molecule has 1 atom stereocenters. The van der Waals surface area contributed by atoms with Gasteiger partial charge in [-0.15, -0.1) is 0 Å². The van der Waals surface area contributed by atoms with Gasteiger partial charge in [-0.3, -0.25) is 4.99 Å². The van der Waals surface area contributed by atoms with Crippen LogP contribution in [-0.4, -0.2) is 24.1 Å². The van der Waals surface area contributed by atoms with E-state index in [-0.39, 0.29) is 5.75 Å². The van der Waals surface area contributed by atoms with Crippen LogP contribution in [-0.2, 0) is 0 Å². The molecule has 0 radical (unpaired) electrons. The maximum Gasteiger partial charge on any atom is 0.387 e. The van der Waals surface area contributed by atoms with Gasteiger partial charge in [0.25, 0.3) is 0 Å². The van der Waals surface area contributed by atoms with E-state index in [4.69, 9.17) is 0 Å². The zero-order chi connectivity index (χ0) is 13.0. The Morgan fingerprint density at radius 3 is 2.67 bits per heavy atom. The number of hydrogen-bond acceptors (Lipinski definition) is 4. The molecule has 0 bridgehead atoms. The van der Waals surface area contributed by atoms with Crippen molar-refractivity contribution >= 4 is 22.6 Å². The Kier molecular flexibility index (Phi) is 4.41. The average molecular weight is 272 g/mol. The van der Waals surface area contributed by atoms with Crippen LogP contribution in [0.2, 0.25) is 0 Å². The molecule has 0 aromatic heterocycles. The van der Waals surface area contributed by atoms with E-state index in [0.29, 0.717) is 5.92 Å². The molecule has 98 valence electrons. The Hall–Kier alpha value is -1.30. The van der Waals surface area contributed by atoms with Crippen molar-refractivity contribution in [3.8, 4) is 5.75 Å². The second-order valence-corrected chi connectivity index (χ2v) is 5.10. The molecule has 0 fully saturated rings. The number of rotatable bonds is 3. The van der Waals surface area contributed by atoms with Gasteiger partial charge in [0.05, 0.1) is 0 Å². The smallest absolute Gasteiger partial charge is 0.387 e. The summed E-state index contributed by atoms with van der Waals surface area (Å²) in [6, 6.07) is 6.40. The number of anilines is 1. The second kappa shape index (κ2) is 6.04. The van der Waals surface area contributed by atoms with Gasteiger partial charge in [-0.2, -0.15) is 8.78 Å². The van der Waals surface area contributed by atoms with E-state index < -0.39 is 6.61 Å². The Morgan fingerprint density at radius 1 is 1.39 bits per heavy atom. The summed E-state index contributed by atoms with van der Waals surface area (Å²) in [6.07, 6.45) is 0. The van der Waals surface area contributed by atoms with Gasteiger partial charge in [0.2, 0.25) is 0 Å². The Balaban J connectivity index is 1.94. The van der Waals surface area contributed by atoms with Crippen LogP contribution in [0.3, 0.4) is 0 Å². The van der Waals surface area contributed by atoms with E-state index in [0.717, 1.165) is 23.2 Å². The fourth-order valence-electron chi connectivity index (χ4n) is 1.48. The molecule has 0 saturated carbocycles. The third-order valence-corrected chi connectivity index (χ3v) is 3.62. The summed E-state index contributed by atoms with van der Waals surface area (Å²) in [5.41, 5.74) is 0.817. The van der Waals surface area contributed by atoms with E-state index in [1.54, 1.807) is 23.9 Å². The number of halogens is 2. The van der Waals surface area contributed by atoms with Gasteiger partial charge in [0.15, 0.2) is 5.17 Å². The first-order valence-electron chi connectivity index (χ1n) is 5.62. The third-order valence-electron chi connectivity index (χ3n) is 2.38. The highest BCUT2D eigenvalue weighted by Gasteiger charge is 2.12. The molecule has 0 amide bonds. The zero-order valence-corrected chi connectivity index (χ0v) is 10.7. The molecule has 2 rings (SSSR count). The number of benzene rings is 1. The van der Waals surface area contributed by atoms with Gasteiger partial charge >= 0.3 is 6.61 Å². The first-order valence-corrected chi connectivity index (χ1v) is 6.61. The van der Waals surface area contributed by atoms with Crippen molar-refractivity contribution in [1.29, 1.82) is 0 Å². The van der Waals surface area contributed by atoms with Crippen LogP contribution in [0.4, 0.5) is 14.5 Å². The quantitative estimate of drug-likeness (QED) is 0.915. The molecule has 1 aromatic carbocycles. The number of amidine groups is 1. The molecule has 6 heteroatoms. The summed E-state index contributed by atoms with van der Waals surface area (Å²) < 4.78 is 28.2. The lowest BCUT2D eigenvalue weighted by Gasteiger charge is -2.18. The van der Waals surface area contributed by atoms with E-state index in [9.17, 15) is 8.78 Å². The molecule has 1 aliphatic heterocycles. The molecular formula is C12H14F2N2OS. The van der Waals surface area contributed by atoms with Crippen molar-refractivity contribution in [3.63, 3.8) is 0 Å².